The van der Waals surface area contributed by atoms with Gasteiger partial charge >= 0.3 is 0 Å². The van der Waals surface area contributed by atoms with Crippen molar-refractivity contribution in [2.24, 2.45) is 7.05 Å². The molecule has 28 heavy (non-hydrogen) atoms. The Hall–Kier alpha value is -3.71. The maximum Gasteiger partial charge on any atom is 0.287 e. The number of nitrogens with zero attached hydrogens (tertiary/aromatic N) is 4. The first-order valence-corrected chi connectivity index (χ1v) is 9.34. The van der Waals surface area contributed by atoms with Gasteiger partial charge in [0, 0.05) is 10.8 Å². The van der Waals surface area contributed by atoms with Crippen molar-refractivity contribution >= 4 is 54.8 Å². The molecule has 0 aliphatic carbocycles. The van der Waals surface area contributed by atoms with E-state index in [1.54, 1.807) is 0 Å². The lowest BCUT2D eigenvalue weighted by Crippen LogP contribution is -2.30. The number of aromatic nitrogens is 3. The molecule has 0 saturated carbocycles. The predicted octanol–water partition coefficient (Wildman–Crippen LogP) is 5.38. The van der Waals surface area contributed by atoms with E-state index < -0.39 is 0 Å². The molecule has 6 rings (SSSR count). The van der Waals surface area contributed by atoms with Gasteiger partial charge in [-0.15, -0.1) is 0 Å². The molecule has 0 fully saturated rings. The summed E-state index contributed by atoms with van der Waals surface area (Å²) in [6.07, 6.45) is 1.86. The van der Waals surface area contributed by atoms with Crippen LogP contribution in [0, 0.1) is 20.4 Å². The molecule has 0 unspecified atom stereocenters. The highest BCUT2D eigenvalue weighted by Crippen LogP contribution is 2.42. The van der Waals surface area contributed by atoms with Crippen LogP contribution in [0.5, 0.6) is 0 Å². The minimum absolute atomic E-state index is 0.619. The molecule has 0 amide bonds. The second-order valence-corrected chi connectivity index (χ2v) is 7.62. The lowest BCUT2D eigenvalue weighted by atomic mass is 9.97. The number of fused-ring (bicyclic) bond motifs is 5. The molecule has 0 atom stereocenters. The van der Waals surface area contributed by atoms with Crippen LogP contribution in [-0.2, 0) is 7.05 Å². The van der Waals surface area contributed by atoms with Gasteiger partial charge in [0.1, 0.15) is 5.52 Å². The third-order valence-electron chi connectivity index (χ3n) is 6.13. The Morgan fingerprint density at radius 2 is 1.82 bits per heavy atom. The summed E-state index contributed by atoms with van der Waals surface area (Å²) < 4.78 is 4.45. The fourth-order valence-electron chi connectivity index (χ4n) is 4.76. The zero-order valence-corrected chi connectivity index (χ0v) is 15.9. The number of rotatable bonds is 0. The van der Waals surface area contributed by atoms with Gasteiger partial charge in [0.25, 0.3) is 6.33 Å². The van der Waals surface area contributed by atoms with E-state index in [-0.39, 0.29) is 0 Å². The molecule has 0 saturated heterocycles. The Kier molecular flexibility index (Phi) is 2.72. The van der Waals surface area contributed by atoms with Gasteiger partial charge in [-0.3, -0.25) is 0 Å². The van der Waals surface area contributed by atoms with Crippen molar-refractivity contribution in [3.05, 3.63) is 71.3 Å². The van der Waals surface area contributed by atoms with Crippen molar-refractivity contribution in [1.29, 1.82) is 0 Å². The number of benzene rings is 3. The number of aryl methyl sites for hydroxylation is 3. The summed E-state index contributed by atoms with van der Waals surface area (Å²) >= 11 is 0. The molecule has 4 heteroatoms. The summed E-state index contributed by atoms with van der Waals surface area (Å²) in [4.78, 5) is 8.36. The van der Waals surface area contributed by atoms with Gasteiger partial charge in [-0.1, -0.05) is 23.2 Å². The molecule has 4 nitrogen and oxygen atoms in total. The van der Waals surface area contributed by atoms with Crippen LogP contribution >= 0.6 is 0 Å². The number of hydrogen-bond donors (Lipinski definition) is 0. The molecule has 0 aliphatic heterocycles. The van der Waals surface area contributed by atoms with Gasteiger partial charge in [-0.2, -0.15) is 0 Å². The monoisotopic (exact) mass is 361 g/mol. The molecule has 0 radical (unpaired) electrons. The largest absolute Gasteiger partial charge is 0.309 e. The van der Waals surface area contributed by atoms with Crippen molar-refractivity contribution in [2.45, 2.75) is 13.8 Å². The average Bonchev–Trinajstić information content (AvgIpc) is 3.04. The highest BCUT2D eigenvalue weighted by molar-refractivity contribution is 6.26. The first kappa shape index (κ1) is 15.4. The lowest BCUT2D eigenvalue weighted by molar-refractivity contribution is -0.646. The molecule has 0 aliphatic rings. The van der Waals surface area contributed by atoms with Crippen molar-refractivity contribution in [2.75, 3.05) is 0 Å². The highest BCUT2D eigenvalue weighted by Gasteiger charge is 2.24. The zero-order chi connectivity index (χ0) is 19.2. The van der Waals surface area contributed by atoms with Crippen molar-refractivity contribution in [1.82, 2.24) is 9.38 Å². The van der Waals surface area contributed by atoms with E-state index in [2.05, 4.69) is 70.0 Å². The summed E-state index contributed by atoms with van der Waals surface area (Å²) in [6.45, 7) is 12.0. The van der Waals surface area contributed by atoms with Crippen LogP contribution in [0.2, 0.25) is 0 Å². The first-order chi connectivity index (χ1) is 13.6. The Morgan fingerprint density at radius 3 is 2.64 bits per heavy atom. The van der Waals surface area contributed by atoms with Crippen molar-refractivity contribution in [3.63, 3.8) is 0 Å². The third-order valence-corrected chi connectivity index (χ3v) is 6.13. The smallest absolute Gasteiger partial charge is 0.287 e. The molecule has 3 heterocycles. The lowest BCUT2D eigenvalue weighted by Gasteiger charge is -2.14. The molecule has 3 aromatic heterocycles. The molecule has 3 aromatic carbocycles. The van der Waals surface area contributed by atoms with E-state index >= 15 is 0 Å². The average molecular weight is 361 g/mol. The van der Waals surface area contributed by atoms with E-state index in [1.165, 1.54) is 43.8 Å². The van der Waals surface area contributed by atoms with Crippen LogP contribution in [0.25, 0.3) is 54.0 Å². The zero-order valence-electron chi connectivity index (χ0n) is 15.9. The topological polar surface area (TPSA) is 25.5 Å². The Morgan fingerprint density at radius 1 is 1.00 bits per heavy atom. The summed E-state index contributed by atoms with van der Waals surface area (Å²) in [7, 11) is 2.06. The fraction of sp³-hybridized carbons (Fsp3) is 0.125. The predicted molar refractivity (Wildman–Crippen MR) is 113 cm³/mol. The molecular formula is C24H17N4+. The second kappa shape index (κ2) is 4.96. The van der Waals surface area contributed by atoms with E-state index in [1.807, 2.05) is 18.5 Å². The number of para-hydroxylation sites is 1. The quantitative estimate of drug-likeness (QED) is 0.154. The first-order valence-electron chi connectivity index (χ1n) is 9.34. The molecule has 0 N–H and O–H groups in total. The van der Waals surface area contributed by atoms with Crippen LogP contribution in [-0.4, -0.2) is 9.38 Å². The maximum atomic E-state index is 7.57. The van der Waals surface area contributed by atoms with Crippen LogP contribution in [0.4, 0.5) is 5.69 Å². The fourth-order valence-corrected chi connectivity index (χ4v) is 4.76. The highest BCUT2D eigenvalue weighted by atomic mass is 15.0. The molecular weight excluding hydrogens is 344 g/mol. The SMILES string of the molecule is [C-]#[N+]c1cc2nc[n+](C)c3c4c(C)c(C)cc5c6ccccc6n(c(c1)c23)c54. The van der Waals surface area contributed by atoms with Crippen LogP contribution in [0.1, 0.15) is 11.1 Å². The van der Waals surface area contributed by atoms with Crippen molar-refractivity contribution < 1.29 is 4.57 Å². The van der Waals surface area contributed by atoms with Crippen LogP contribution in [0.3, 0.4) is 0 Å². The summed E-state index contributed by atoms with van der Waals surface area (Å²) in [5, 5.41) is 4.88. The van der Waals surface area contributed by atoms with Gasteiger partial charge < -0.3 is 4.40 Å². The summed E-state index contributed by atoms with van der Waals surface area (Å²) in [5.41, 5.74) is 8.69. The van der Waals surface area contributed by atoms with E-state index in [9.17, 15) is 0 Å². The Bertz CT molecular complexity index is 1650. The number of pyridine rings is 1. The molecule has 132 valence electrons. The van der Waals surface area contributed by atoms with Crippen LogP contribution in [0.15, 0.2) is 48.8 Å². The maximum absolute atomic E-state index is 7.57. The summed E-state index contributed by atoms with van der Waals surface area (Å²) in [5.74, 6) is 0. The molecule has 6 aromatic rings. The molecule has 0 spiro atoms. The van der Waals surface area contributed by atoms with E-state index in [0.717, 1.165) is 16.4 Å². The minimum Gasteiger partial charge on any atom is -0.309 e. The van der Waals surface area contributed by atoms with Crippen LogP contribution < -0.4 is 4.57 Å². The van der Waals surface area contributed by atoms with Gasteiger partial charge in [-0.25, -0.2) is 9.41 Å². The van der Waals surface area contributed by atoms with Gasteiger partial charge in [0.05, 0.1) is 40.9 Å². The van der Waals surface area contributed by atoms with Crippen molar-refractivity contribution in [3.8, 4) is 0 Å². The van der Waals surface area contributed by atoms with Gasteiger partial charge in [-0.05, 0) is 49.2 Å². The third kappa shape index (κ3) is 1.65. The minimum atomic E-state index is 0.619. The van der Waals surface area contributed by atoms with E-state index in [4.69, 9.17) is 6.57 Å². The Balaban J connectivity index is 2.16. The second-order valence-electron chi connectivity index (χ2n) is 7.62. The number of hydrogen-bond acceptors (Lipinski definition) is 1. The standard InChI is InChI=1S/C24H17N4/c1-13-9-17-16-7-5-6-8-19(16)28-20-11-15(25-3)10-18-22(20)24(27(4)12-26-18)21(14(13)2)23(17)28/h5-12H,1-2,4H3/q+1. The van der Waals surface area contributed by atoms with Gasteiger partial charge in [0.2, 0.25) is 0 Å². The normalized spacial score (nSPS) is 12.1. The Labute approximate surface area is 161 Å². The summed E-state index contributed by atoms with van der Waals surface area (Å²) in [6, 6.07) is 14.7. The molecule has 0 bridgehead atoms. The van der Waals surface area contributed by atoms with E-state index in [0.29, 0.717) is 5.69 Å². The van der Waals surface area contributed by atoms with Gasteiger partial charge in [0.15, 0.2) is 11.2 Å².